The summed E-state index contributed by atoms with van der Waals surface area (Å²) in [5.41, 5.74) is -0.346. The summed E-state index contributed by atoms with van der Waals surface area (Å²) in [5.74, 6) is -0.886. The fourth-order valence-corrected chi connectivity index (χ4v) is 2.79. The van der Waals surface area contributed by atoms with Gasteiger partial charge in [-0.05, 0) is 19.3 Å². The molecule has 0 spiro atoms. The van der Waals surface area contributed by atoms with Crippen molar-refractivity contribution in [2.24, 2.45) is 5.41 Å². The molecule has 1 saturated carbocycles. The van der Waals surface area contributed by atoms with E-state index in [9.17, 15) is 9.59 Å². The predicted molar refractivity (Wildman–Crippen MR) is 70.3 cm³/mol. The van der Waals surface area contributed by atoms with Gasteiger partial charge >= 0.3 is 5.97 Å². The van der Waals surface area contributed by atoms with Gasteiger partial charge in [0.1, 0.15) is 6.54 Å². The lowest BCUT2D eigenvalue weighted by atomic mass is 9.81. The minimum atomic E-state index is -0.922. The lowest BCUT2D eigenvalue weighted by Gasteiger charge is -2.33. The van der Waals surface area contributed by atoms with Gasteiger partial charge in [0.05, 0.1) is 0 Å². The second-order valence-electron chi connectivity index (χ2n) is 5.60. The summed E-state index contributed by atoms with van der Waals surface area (Å²) in [6.07, 6.45) is 7.13. The summed E-state index contributed by atoms with van der Waals surface area (Å²) in [5, 5.41) is 8.90. The molecule has 1 aliphatic rings. The summed E-state index contributed by atoms with van der Waals surface area (Å²) in [7, 11) is 0. The molecule has 0 heterocycles. The van der Waals surface area contributed by atoms with Crippen LogP contribution in [0.3, 0.4) is 0 Å². The van der Waals surface area contributed by atoms with E-state index in [-0.39, 0.29) is 17.9 Å². The molecule has 0 atom stereocenters. The van der Waals surface area contributed by atoms with Crippen molar-refractivity contribution in [2.75, 3.05) is 13.1 Å². The smallest absolute Gasteiger partial charge is 0.323 e. The summed E-state index contributed by atoms with van der Waals surface area (Å²) < 4.78 is 0. The van der Waals surface area contributed by atoms with Crippen LogP contribution in [0.5, 0.6) is 0 Å². The van der Waals surface area contributed by atoms with Crippen molar-refractivity contribution in [1.29, 1.82) is 0 Å². The van der Waals surface area contributed by atoms with Gasteiger partial charge in [-0.1, -0.05) is 39.5 Å². The van der Waals surface area contributed by atoms with E-state index in [4.69, 9.17) is 5.11 Å². The molecule has 0 bridgehead atoms. The Hall–Kier alpha value is -1.06. The number of carbonyl (C=O) groups is 2. The van der Waals surface area contributed by atoms with Crippen LogP contribution in [0.2, 0.25) is 0 Å². The van der Waals surface area contributed by atoms with Crippen LogP contribution in [0.25, 0.3) is 0 Å². The highest BCUT2D eigenvalue weighted by atomic mass is 16.4. The van der Waals surface area contributed by atoms with E-state index in [0.717, 1.165) is 32.1 Å². The van der Waals surface area contributed by atoms with E-state index >= 15 is 0 Å². The molecular weight excluding hydrogens is 230 g/mol. The Kier molecular flexibility index (Phi) is 5.63. The van der Waals surface area contributed by atoms with Crippen LogP contribution in [-0.2, 0) is 9.59 Å². The number of amides is 1. The minimum Gasteiger partial charge on any atom is -0.480 e. The van der Waals surface area contributed by atoms with Crippen molar-refractivity contribution < 1.29 is 14.7 Å². The van der Waals surface area contributed by atoms with Crippen LogP contribution in [0, 0.1) is 5.41 Å². The van der Waals surface area contributed by atoms with Crippen molar-refractivity contribution in [3.63, 3.8) is 0 Å². The third-order valence-electron chi connectivity index (χ3n) is 3.83. The highest BCUT2D eigenvalue weighted by molar-refractivity contribution is 5.85. The first-order chi connectivity index (χ1) is 8.49. The van der Waals surface area contributed by atoms with Crippen molar-refractivity contribution in [3.8, 4) is 0 Å². The molecule has 0 radical (unpaired) electrons. The Bertz CT molecular complexity index is 293. The molecule has 4 nitrogen and oxygen atoms in total. The Labute approximate surface area is 109 Å². The second-order valence-corrected chi connectivity index (χ2v) is 5.60. The molecule has 0 unspecified atom stereocenters. The van der Waals surface area contributed by atoms with E-state index in [2.05, 4.69) is 0 Å². The lowest BCUT2D eigenvalue weighted by molar-refractivity contribution is -0.150. The number of aliphatic carboxylic acids is 1. The highest BCUT2D eigenvalue weighted by Crippen LogP contribution is 2.36. The van der Waals surface area contributed by atoms with E-state index in [1.54, 1.807) is 0 Å². The van der Waals surface area contributed by atoms with E-state index in [0.29, 0.717) is 6.54 Å². The van der Waals surface area contributed by atoms with Gasteiger partial charge in [-0.15, -0.1) is 0 Å². The molecule has 18 heavy (non-hydrogen) atoms. The highest BCUT2D eigenvalue weighted by Gasteiger charge is 2.36. The first kappa shape index (κ1) is 15.0. The van der Waals surface area contributed by atoms with Crippen LogP contribution in [-0.4, -0.2) is 35.0 Å². The average molecular weight is 255 g/mol. The third kappa shape index (κ3) is 4.00. The molecule has 0 aliphatic heterocycles. The maximum atomic E-state index is 12.6. The Balaban J connectivity index is 2.75. The number of hydrogen-bond donors (Lipinski definition) is 1. The molecule has 1 amide bonds. The van der Waals surface area contributed by atoms with Gasteiger partial charge in [0.2, 0.25) is 5.91 Å². The van der Waals surface area contributed by atoms with Crippen LogP contribution in [0.15, 0.2) is 0 Å². The van der Waals surface area contributed by atoms with Gasteiger partial charge in [0.15, 0.2) is 0 Å². The first-order valence-electron chi connectivity index (χ1n) is 7.01. The Morgan fingerprint density at radius 2 is 1.72 bits per heavy atom. The molecule has 4 heteroatoms. The van der Waals surface area contributed by atoms with Crippen molar-refractivity contribution in [1.82, 2.24) is 4.90 Å². The zero-order valence-electron chi connectivity index (χ0n) is 11.6. The number of carbonyl (C=O) groups excluding carboxylic acids is 1. The number of nitrogens with zero attached hydrogens (tertiary/aromatic N) is 1. The van der Waals surface area contributed by atoms with Crippen LogP contribution in [0.4, 0.5) is 0 Å². The third-order valence-corrected chi connectivity index (χ3v) is 3.83. The quantitative estimate of drug-likeness (QED) is 0.768. The lowest BCUT2D eigenvalue weighted by Crippen LogP contribution is -2.45. The van der Waals surface area contributed by atoms with E-state index in [1.165, 1.54) is 17.7 Å². The summed E-state index contributed by atoms with van der Waals surface area (Å²) in [6, 6.07) is 0. The number of rotatable bonds is 5. The van der Waals surface area contributed by atoms with Crippen molar-refractivity contribution >= 4 is 11.9 Å². The van der Waals surface area contributed by atoms with Crippen LogP contribution < -0.4 is 0 Å². The molecule has 0 saturated heterocycles. The number of carboxylic acids is 1. The van der Waals surface area contributed by atoms with Gasteiger partial charge in [0, 0.05) is 12.0 Å². The normalized spacial score (nSPS) is 19.0. The predicted octanol–water partition coefficient (Wildman–Crippen LogP) is 2.67. The van der Waals surface area contributed by atoms with Crippen molar-refractivity contribution in [3.05, 3.63) is 0 Å². The molecule has 104 valence electrons. The molecule has 0 aromatic heterocycles. The summed E-state index contributed by atoms with van der Waals surface area (Å²) >= 11 is 0. The fourth-order valence-electron chi connectivity index (χ4n) is 2.79. The van der Waals surface area contributed by atoms with Gasteiger partial charge in [-0.2, -0.15) is 0 Å². The second kappa shape index (κ2) is 6.76. The van der Waals surface area contributed by atoms with Gasteiger partial charge in [-0.3, -0.25) is 9.59 Å². The topological polar surface area (TPSA) is 57.6 Å². The zero-order chi connectivity index (χ0) is 13.6. The SMILES string of the molecule is CCCN(CC(=O)O)C(=O)C1(C)CCCCCC1. The van der Waals surface area contributed by atoms with E-state index in [1.807, 2.05) is 13.8 Å². The standard InChI is InChI=1S/C14H25NO3/c1-3-10-15(11-12(16)17)13(18)14(2)8-6-4-5-7-9-14/h3-11H2,1-2H3,(H,16,17). The Morgan fingerprint density at radius 1 is 1.17 bits per heavy atom. The minimum absolute atomic E-state index is 0.0358. The Morgan fingerprint density at radius 3 is 2.17 bits per heavy atom. The zero-order valence-corrected chi connectivity index (χ0v) is 11.6. The monoisotopic (exact) mass is 255 g/mol. The number of hydrogen-bond acceptors (Lipinski definition) is 2. The maximum absolute atomic E-state index is 12.6. The number of carboxylic acid groups (broad SMARTS) is 1. The fraction of sp³-hybridized carbons (Fsp3) is 0.857. The van der Waals surface area contributed by atoms with E-state index < -0.39 is 5.97 Å². The molecular formula is C14H25NO3. The molecule has 0 aromatic rings. The van der Waals surface area contributed by atoms with Crippen LogP contribution in [0.1, 0.15) is 58.8 Å². The van der Waals surface area contributed by atoms with Gasteiger partial charge in [0.25, 0.3) is 0 Å². The maximum Gasteiger partial charge on any atom is 0.323 e. The largest absolute Gasteiger partial charge is 0.480 e. The van der Waals surface area contributed by atoms with Gasteiger partial charge in [-0.25, -0.2) is 0 Å². The molecule has 1 aliphatic carbocycles. The molecule has 1 N–H and O–H groups in total. The van der Waals surface area contributed by atoms with Gasteiger partial charge < -0.3 is 10.0 Å². The summed E-state index contributed by atoms with van der Waals surface area (Å²) in [6.45, 7) is 4.35. The molecule has 1 rings (SSSR count). The summed E-state index contributed by atoms with van der Waals surface area (Å²) in [4.78, 5) is 24.9. The molecule has 1 fully saturated rings. The first-order valence-corrected chi connectivity index (χ1v) is 7.01. The van der Waals surface area contributed by atoms with Crippen molar-refractivity contribution in [2.45, 2.75) is 58.8 Å². The van der Waals surface area contributed by atoms with Crippen LogP contribution >= 0.6 is 0 Å². The molecule has 0 aromatic carbocycles. The average Bonchev–Trinajstić information content (AvgIpc) is 2.53.